The lowest BCUT2D eigenvalue weighted by molar-refractivity contribution is -0.152. The summed E-state index contributed by atoms with van der Waals surface area (Å²) in [6.07, 6.45) is -0.162. The van der Waals surface area contributed by atoms with Gasteiger partial charge in [-0.05, 0) is 66.0 Å². The van der Waals surface area contributed by atoms with Crippen LogP contribution in [0.3, 0.4) is 0 Å². The van der Waals surface area contributed by atoms with Crippen molar-refractivity contribution in [3.05, 3.63) is 24.3 Å². The van der Waals surface area contributed by atoms with Gasteiger partial charge in [0.2, 0.25) is 5.91 Å². The van der Waals surface area contributed by atoms with Gasteiger partial charge >= 0.3 is 0 Å². The van der Waals surface area contributed by atoms with Crippen LogP contribution in [-0.4, -0.2) is 54.4 Å². The molecule has 9 nitrogen and oxygen atoms in total. The van der Waals surface area contributed by atoms with Crippen LogP contribution in [0.5, 0.6) is 0 Å². The van der Waals surface area contributed by atoms with Gasteiger partial charge in [0.05, 0.1) is 16.9 Å². The average Bonchev–Trinajstić information content (AvgIpc) is 2.75. The van der Waals surface area contributed by atoms with Gasteiger partial charge < -0.3 is 14.8 Å². The molecule has 0 aliphatic carbocycles. The lowest BCUT2D eigenvalue weighted by Crippen LogP contribution is -2.44. The van der Waals surface area contributed by atoms with E-state index in [0.29, 0.717) is 6.42 Å². The number of hydrogen-bond donors (Lipinski definition) is 2. The molecule has 0 saturated carbocycles. The summed E-state index contributed by atoms with van der Waals surface area (Å²) in [6.45, 7) is 18.5. The van der Waals surface area contributed by atoms with Crippen LogP contribution in [0, 0.1) is 17.3 Å². The topological polar surface area (TPSA) is 136 Å². The third kappa shape index (κ3) is 11.9. The maximum atomic E-state index is 13.0. The zero-order valence-electron chi connectivity index (χ0n) is 25.1. The van der Waals surface area contributed by atoms with Gasteiger partial charge in [-0.25, -0.2) is 0 Å². The molecule has 1 aromatic carbocycles. The second-order valence-corrected chi connectivity index (χ2v) is 14.1. The van der Waals surface area contributed by atoms with E-state index in [1.54, 1.807) is 13.8 Å². The Morgan fingerprint density at radius 1 is 0.949 bits per heavy atom. The molecule has 0 aliphatic heterocycles. The number of carbonyl (C=O) groups excluding carboxylic acids is 3. The zero-order chi connectivity index (χ0) is 30.4. The molecule has 3 atom stereocenters. The highest BCUT2D eigenvalue weighted by molar-refractivity contribution is 7.86. The summed E-state index contributed by atoms with van der Waals surface area (Å²) in [5, 5.41) is 2.54. The lowest BCUT2D eigenvalue weighted by atomic mass is 9.83. The predicted molar refractivity (Wildman–Crippen MR) is 151 cm³/mol. The predicted octanol–water partition coefficient (Wildman–Crippen LogP) is 5.48. The maximum absolute atomic E-state index is 13.0. The van der Waals surface area contributed by atoms with Crippen LogP contribution in [-0.2, 0) is 34.0 Å². The lowest BCUT2D eigenvalue weighted by Gasteiger charge is -2.34. The molecule has 2 N–H and O–H groups in total. The third-order valence-corrected chi connectivity index (χ3v) is 7.54. The first-order valence-electron chi connectivity index (χ1n) is 13.3. The smallest absolute Gasteiger partial charge is 0.296 e. The van der Waals surface area contributed by atoms with E-state index < -0.39 is 49.6 Å². The molecule has 3 unspecified atom stereocenters. The zero-order valence-corrected chi connectivity index (χ0v) is 25.9. The summed E-state index contributed by atoms with van der Waals surface area (Å²) in [7, 11) is -4.53. The van der Waals surface area contributed by atoms with Gasteiger partial charge in [-0.15, -0.1) is 0 Å². The van der Waals surface area contributed by atoms with Crippen LogP contribution < -0.4 is 5.32 Å². The largest absolute Gasteiger partial charge is 0.375 e. The molecule has 0 fully saturated rings. The van der Waals surface area contributed by atoms with Crippen molar-refractivity contribution in [3.63, 3.8) is 0 Å². The van der Waals surface area contributed by atoms with E-state index in [-0.39, 0.29) is 42.6 Å². The van der Waals surface area contributed by atoms with Gasteiger partial charge in [-0.3, -0.25) is 18.9 Å². The standard InChI is InChI=1S/C29H47NO8S/c1-19(26(33)20(2)38-28(6,7)8)29(9,10)37-16-15-21(17-24(31)27(3,4)5)18-25(32)30-22-13-11-12-14-23(22)39(34,35)36/h11-14,19-21H,15-18H2,1-10H3,(H,30,32)(H,34,35,36). The first-order chi connectivity index (χ1) is 17.5. The minimum absolute atomic E-state index is 0.0189. The van der Waals surface area contributed by atoms with Crippen molar-refractivity contribution in [1.82, 2.24) is 0 Å². The van der Waals surface area contributed by atoms with Crippen LogP contribution in [0.2, 0.25) is 0 Å². The molecule has 0 aromatic heterocycles. The molecule has 0 spiro atoms. The minimum Gasteiger partial charge on any atom is -0.375 e. The van der Waals surface area contributed by atoms with Crippen LogP contribution in [0.25, 0.3) is 0 Å². The van der Waals surface area contributed by atoms with E-state index in [1.165, 1.54) is 24.3 Å². The van der Waals surface area contributed by atoms with Crippen LogP contribution in [0.1, 0.15) is 88.5 Å². The van der Waals surface area contributed by atoms with Crippen LogP contribution in [0.4, 0.5) is 5.69 Å². The fraction of sp³-hybridized carbons (Fsp3) is 0.690. The second kappa shape index (κ2) is 13.5. The summed E-state index contributed by atoms with van der Waals surface area (Å²) < 4.78 is 44.8. The Labute approximate surface area is 234 Å². The molecule has 1 aromatic rings. The second-order valence-electron chi connectivity index (χ2n) is 12.7. The number of para-hydroxylation sites is 1. The molecule has 0 bridgehead atoms. The van der Waals surface area contributed by atoms with Crippen molar-refractivity contribution >= 4 is 33.3 Å². The van der Waals surface area contributed by atoms with Crippen molar-refractivity contribution in [2.75, 3.05) is 11.9 Å². The van der Waals surface area contributed by atoms with Crippen molar-refractivity contribution in [2.24, 2.45) is 17.3 Å². The number of hydrogen-bond acceptors (Lipinski definition) is 7. The molecule has 0 aliphatic rings. The Bertz CT molecular complexity index is 1110. The van der Waals surface area contributed by atoms with E-state index in [0.717, 1.165) is 0 Å². The molecule has 10 heteroatoms. The van der Waals surface area contributed by atoms with Gasteiger partial charge in [-0.1, -0.05) is 39.8 Å². The maximum Gasteiger partial charge on any atom is 0.296 e. The van der Waals surface area contributed by atoms with Crippen LogP contribution >= 0.6 is 0 Å². The molecule has 1 rings (SSSR count). The van der Waals surface area contributed by atoms with E-state index in [4.69, 9.17) is 9.47 Å². The van der Waals surface area contributed by atoms with E-state index in [1.807, 2.05) is 55.4 Å². The Morgan fingerprint density at radius 2 is 1.51 bits per heavy atom. The monoisotopic (exact) mass is 569 g/mol. The van der Waals surface area contributed by atoms with Crippen LogP contribution in [0.15, 0.2) is 29.2 Å². The highest BCUT2D eigenvalue weighted by atomic mass is 32.2. The number of ether oxygens (including phenoxy) is 2. The average molecular weight is 570 g/mol. The summed E-state index contributed by atoms with van der Waals surface area (Å²) in [5.41, 5.74) is -1.92. The molecule has 222 valence electrons. The van der Waals surface area contributed by atoms with E-state index in [2.05, 4.69) is 5.32 Å². The van der Waals surface area contributed by atoms with Gasteiger partial charge in [0, 0.05) is 30.8 Å². The molecule has 0 radical (unpaired) electrons. The Balaban J connectivity index is 2.95. The summed E-state index contributed by atoms with van der Waals surface area (Å²) in [6, 6.07) is 5.54. The van der Waals surface area contributed by atoms with E-state index in [9.17, 15) is 27.4 Å². The van der Waals surface area contributed by atoms with Gasteiger partial charge in [0.15, 0.2) is 5.78 Å². The Kier molecular flexibility index (Phi) is 12.1. The third-order valence-electron chi connectivity index (χ3n) is 6.62. The molecular formula is C29H47NO8S. The molecule has 39 heavy (non-hydrogen) atoms. The quantitative estimate of drug-likeness (QED) is 0.281. The van der Waals surface area contributed by atoms with Crippen molar-refractivity contribution in [2.45, 2.75) is 111 Å². The summed E-state index contributed by atoms with van der Waals surface area (Å²) in [5.74, 6) is -1.45. The number of anilines is 1. The normalized spacial score (nSPS) is 15.4. The number of carbonyl (C=O) groups is 3. The number of Topliss-reactive ketones (excluding diaryl/α,β-unsaturated/α-hetero) is 2. The minimum atomic E-state index is -4.53. The highest BCUT2D eigenvalue weighted by Crippen LogP contribution is 2.29. The first kappa shape index (κ1) is 34.9. The van der Waals surface area contributed by atoms with Gasteiger partial charge in [0.25, 0.3) is 10.1 Å². The van der Waals surface area contributed by atoms with Crippen molar-refractivity contribution in [3.8, 4) is 0 Å². The molecular weight excluding hydrogens is 522 g/mol. The number of nitrogens with one attached hydrogen (secondary N) is 1. The molecule has 1 amide bonds. The summed E-state index contributed by atoms with van der Waals surface area (Å²) >= 11 is 0. The highest BCUT2D eigenvalue weighted by Gasteiger charge is 2.36. The number of ketones is 2. The molecule has 0 heterocycles. The Morgan fingerprint density at radius 3 is 2.03 bits per heavy atom. The number of amides is 1. The fourth-order valence-corrected chi connectivity index (χ4v) is 4.65. The van der Waals surface area contributed by atoms with E-state index >= 15 is 0 Å². The fourth-order valence-electron chi connectivity index (χ4n) is 4.00. The van der Waals surface area contributed by atoms with Crippen molar-refractivity contribution in [1.29, 1.82) is 0 Å². The number of benzene rings is 1. The number of rotatable bonds is 14. The SMILES string of the molecule is CC(OC(C)(C)C)C(=O)C(C)C(C)(C)OCCC(CC(=O)Nc1ccccc1S(=O)(=O)O)CC(=O)C(C)(C)C. The molecule has 0 saturated heterocycles. The Hall–Kier alpha value is -2.14. The van der Waals surface area contributed by atoms with Crippen molar-refractivity contribution < 1.29 is 36.8 Å². The van der Waals surface area contributed by atoms with Gasteiger partial charge in [-0.2, -0.15) is 8.42 Å². The van der Waals surface area contributed by atoms with Gasteiger partial charge in [0.1, 0.15) is 16.8 Å². The summed E-state index contributed by atoms with van der Waals surface area (Å²) in [4.78, 5) is 38.3. The first-order valence-corrected chi connectivity index (χ1v) is 14.7.